The molecule has 0 spiro atoms. The normalized spacial score (nSPS) is 18.7. The average molecular weight is 338 g/mol. The zero-order valence-electron chi connectivity index (χ0n) is 10.6. The molecule has 104 valence electrons. The zero-order chi connectivity index (χ0) is 14.3. The molecule has 2 N–H and O–H groups in total. The Labute approximate surface area is 123 Å². The van der Waals surface area contributed by atoms with Crippen molar-refractivity contribution in [2.75, 3.05) is 18.0 Å². The van der Waals surface area contributed by atoms with Crippen LogP contribution < -0.4 is 10.6 Å². The number of pyridine rings is 1. The van der Waals surface area contributed by atoms with Gasteiger partial charge in [0.25, 0.3) is 0 Å². The van der Waals surface area contributed by atoms with Crippen LogP contribution in [0, 0.1) is 11.7 Å². The van der Waals surface area contributed by atoms with Crippen molar-refractivity contribution in [3.8, 4) is 0 Å². The molecule has 6 heteroatoms. The lowest BCUT2D eigenvalue weighted by atomic mass is 10.1. The quantitative estimate of drug-likeness (QED) is 0.915. The Balaban J connectivity index is 2.09. The van der Waals surface area contributed by atoms with Crippen molar-refractivity contribution in [2.45, 2.75) is 6.42 Å². The molecule has 0 saturated carbocycles. The summed E-state index contributed by atoms with van der Waals surface area (Å²) < 4.78 is 14.9. The lowest BCUT2D eigenvalue weighted by Gasteiger charge is -2.20. The first-order chi connectivity index (χ1) is 9.58. The second kappa shape index (κ2) is 5.01. The van der Waals surface area contributed by atoms with Gasteiger partial charge < -0.3 is 10.6 Å². The number of anilines is 1. The smallest absolute Gasteiger partial charge is 0.222 e. The van der Waals surface area contributed by atoms with E-state index < -0.39 is 0 Å². The van der Waals surface area contributed by atoms with E-state index in [2.05, 4.69) is 20.9 Å². The highest BCUT2D eigenvalue weighted by molar-refractivity contribution is 9.10. The van der Waals surface area contributed by atoms with Gasteiger partial charge in [-0.05, 0) is 40.5 Å². The van der Waals surface area contributed by atoms with Gasteiger partial charge in [-0.1, -0.05) is 0 Å². The molecule has 0 bridgehead atoms. The van der Waals surface area contributed by atoms with Crippen LogP contribution in [-0.2, 0) is 4.79 Å². The van der Waals surface area contributed by atoms with Crippen molar-refractivity contribution in [3.63, 3.8) is 0 Å². The minimum Gasteiger partial charge on any atom is -0.370 e. The van der Waals surface area contributed by atoms with Gasteiger partial charge in [0, 0.05) is 23.8 Å². The molecule has 1 aliphatic heterocycles. The molecule has 1 amide bonds. The Morgan fingerprint density at radius 3 is 2.95 bits per heavy atom. The Morgan fingerprint density at radius 1 is 1.45 bits per heavy atom. The number of fused-ring (bicyclic) bond motifs is 1. The first-order valence-electron chi connectivity index (χ1n) is 6.35. The van der Waals surface area contributed by atoms with Gasteiger partial charge in [-0.25, -0.2) is 4.39 Å². The minimum absolute atomic E-state index is 0.173. The van der Waals surface area contributed by atoms with Crippen LogP contribution in [0.5, 0.6) is 0 Å². The van der Waals surface area contributed by atoms with Crippen LogP contribution >= 0.6 is 15.9 Å². The number of primary amides is 1. The molecule has 1 atom stereocenters. The van der Waals surface area contributed by atoms with E-state index in [0.29, 0.717) is 30.4 Å². The highest BCUT2D eigenvalue weighted by atomic mass is 79.9. The summed E-state index contributed by atoms with van der Waals surface area (Å²) in [5, 5.41) is 0.479. The largest absolute Gasteiger partial charge is 0.370 e. The van der Waals surface area contributed by atoms with E-state index in [9.17, 15) is 9.18 Å². The molecule has 1 aromatic heterocycles. The first kappa shape index (κ1) is 13.3. The molecule has 4 nitrogen and oxygen atoms in total. The Bertz CT molecular complexity index is 691. The molecule has 1 aromatic carbocycles. The summed E-state index contributed by atoms with van der Waals surface area (Å²) in [6, 6.07) is 4.84. The van der Waals surface area contributed by atoms with Gasteiger partial charge in [0.2, 0.25) is 5.91 Å². The fourth-order valence-corrected chi connectivity index (χ4v) is 3.08. The monoisotopic (exact) mass is 337 g/mol. The van der Waals surface area contributed by atoms with E-state index in [1.54, 1.807) is 18.3 Å². The summed E-state index contributed by atoms with van der Waals surface area (Å²) in [4.78, 5) is 17.5. The van der Waals surface area contributed by atoms with E-state index in [1.165, 1.54) is 6.07 Å². The number of hydrogen-bond acceptors (Lipinski definition) is 3. The van der Waals surface area contributed by atoms with E-state index in [4.69, 9.17) is 5.73 Å². The Hall–Kier alpha value is -1.69. The van der Waals surface area contributed by atoms with Gasteiger partial charge >= 0.3 is 0 Å². The van der Waals surface area contributed by atoms with E-state index >= 15 is 0 Å². The number of benzene rings is 1. The lowest BCUT2D eigenvalue weighted by molar-refractivity contribution is -0.121. The predicted octanol–water partition coefficient (Wildman–Crippen LogP) is 2.45. The van der Waals surface area contributed by atoms with Crippen LogP contribution in [0.2, 0.25) is 0 Å². The summed E-state index contributed by atoms with van der Waals surface area (Å²) in [5.74, 6) is -0.783. The van der Waals surface area contributed by atoms with Crippen LogP contribution in [0.3, 0.4) is 0 Å². The molecule has 1 saturated heterocycles. The molecule has 2 heterocycles. The summed E-state index contributed by atoms with van der Waals surface area (Å²) in [6.07, 6.45) is 2.36. The first-order valence-corrected chi connectivity index (χ1v) is 7.14. The number of nitrogens with two attached hydrogens (primary N) is 1. The maximum Gasteiger partial charge on any atom is 0.222 e. The summed E-state index contributed by atoms with van der Waals surface area (Å²) in [5.41, 5.74) is 6.69. The van der Waals surface area contributed by atoms with Crippen LogP contribution in [0.4, 0.5) is 10.1 Å². The fourth-order valence-electron chi connectivity index (χ4n) is 2.65. The average Bonchev–Trinajstić information content (AvgIpc) is 2.92. The highest BCUT2D eigenvalue weighted by Gasteiger charge is 2.28. The number of carbonyl (C=O) groups excluding carboxylic acids is 1. The standard InChI is InChI=1S/C14H13BrFN3O/c15-9-1-2-10(16)12-11(3-5-18-13(9)12)19-6-4-8(7-19)14(17)20/h1-3,5,8H,4,6-7H2,(H2,17,20)/t8-/m1/s1. The number of hydrogen-bond donors (Lipinski definition) is 1. The molecule has 20 heavy (non-hydrogen) atoms. The third-order valence-corrected chi connectivity index (χ3v) is 4.34. The Kier molecular flexibility index (Phi) is 3.33. The van der Waals surface area contributed by atoms with Gasteiger partial charge in [0.05, 0.1) is 22.5 Å². The van der Waals surface area contributed by atoms with Gasteiger partial charge in [-0.2, -0.15) is 0 Å². The maximum atomic E-state index is 14.2. The van der Waals surface area contributed by atoms with Crippen molar-refractivity contribution in [1.82, 2.24) is 4.98 Å². The molecular weight excluding hydrogens is 325 g/mol. The maximum absolute atomic E-state index is 14.2. The van der Waals surface area contributed by atoms with Crippen molar-refractivity contribution >= 4 is 38.4 Å². The number of halogens is 2. The van der Waals surface area contributed by atoms with Crippen molar-refractivity contribution in [3.05, 3.63) is 34.7 Å². The molecule has 1 aliphatic rings. The topological polar surface area (TPSA) is 59.2 Å². The fraction of sp³-hybridized carbons (Fsp3) is 0.286. The molecule has 3 rings (SSSR count). The number of nitrogens with zero attached hydrogens (tertiary/aromatic N) is 2. The van der Waals surface area contributed by atoms with E-state index in [1.807, 2.05) is 4.90 Å². The van der Waals surface area contributed by atoms with Crippen LogP contribution in [0.1, 0.15) is 6.42 Å². The van der Waals surface area contributed by atoms with Crippen molar-refractivity contribution in [2.24, 2.45) is 11.7 Å². The number of rotatable bonds is 2. The predicted molar refractivity (Wildman–Crippen MR) is 78.9 cm³/mol. The van der Waals surface area contributed by atoms with Crippen molar-refractivity contribution < 1.29 is 9.18 Å². The van der Waals surface area contributed by atoms with Crippen molar-refractivity contribution in [1.29, 1.82) is 0 Å². The van der Waals surface area contributed by atoms with Gasteiger partial charge in [-0.3, -0.25) is 9.78 Å². The number of amides is 1. The van der Waals surface area contributed by atoms with Crippen LogP contribution in [0.15, 0.2) is 28.9 Å². The second-order valence-corrected chi connectivity index (χ2v) is 5.77. The summed E-state index contributed by atoms with van der Waals surface area (Å²) in [7, 11) is 0. The van der Waals surface area contributed by atoms with E-state index in [-0.39, 0.29) is 17.6 Å². The van der Waals surface area contributed by atoms with Gasteiger partial charge in [-0.15, -0.1) is 0 Å². The SMILES string of the molecule is NC(=O)[C@@H]1CCN(c2ccnc3c(Br)ccc(F)c23)C1. The second-order valence-electron chi connectivity index (χ2n) is 4.92. The van der Waals surface area contributed by atoms with Crippen LogP contribution in [-0.4, -0.2) is 24.0 Å². The third kappa shape index (κ3) is 2.14. The van der Waals surface area contributed by atoms with Crippen LogP contribution in [0.25, 0.3) is 10.9 Å². The third-order valence-electron chi connectivity index (χ3n) is 3.70. The van der Waals surface area contributed by atoms with Gasteiger partial charge in [0.15, 0.2) is 0 Å². The Morgan fingerprint density at radius 2 is 2.25 bits per heavy atom. The molecular formula is C14H13BrFN3O. The zero-order valence-corrected chi connectivity index (χ0v) is 12.2. The molecule has 0 radical (unpaired) electrons. The van der Waals surface area contributed by atoms with E-state index in [0.717, 1.165) is 10.2 Å². The molecule has 0 unspecified atom stereocenters. The molecule has 2 aromatic rings. The molecule has 0 aliphatic carbocycles. The summed E-state index contributed by atoms with van der Waals surface area (Å²) in [6.45, 7) is 1.22. The summed E-state index contributed by atoms with van der Waals surface area (Å²) >= 11 is 3.39. The lowest BCUT2D eigenvalue weighted by Crippen LogP contribution is -2.27. The molecule has 1 fully saturated rings. The minimum atomic E-state index is -0.311. The highest BCUT2D eigenvalue weighted by Crippen LogP contribution is 2.34. The number of carbonyl (C=O) groups is 1. The number of aromatic nitrogens is 1. The van der Waals surface area contributed by atoms with Gasteiger partial charge in [0.1, 0.15) is 5.82 Å².